The van der Waals surface area contributed by atoms with Gasteiger partial charge in [-0.15, -0.1) is 11.3 Å². The first kappa shape index (κ1) is 14.6. The Bertz CT molecular complexity index is 460. The molecule has 1 aromatic heterocycles. The number of aromatic nitrogens is 1. The SMILES string of the molecule is Cc1nc(C)c(C(=O)CNC(=O)OC(C)(C)C)s1. The highest BCUT2D eigenvalue weighted by Crippen LogP contribution is 2.17. The number of aryl methyl sites for hydroxylation is 2. The molecule has 1 N–H and O–H groups in total. The van der Waals surface area contributed by atoms with Crippen molar-refractivity contribution in [2.45, 2.75) is 40.2 Å². The van der Waals surface area contributed by atoms with E-state index in [0.717, 1.165) is 5.01 Å². The molecule has 5 nitrogen and oxygen atoms in total. The van der Waals surface area contributed by atoms with Crippen LogP contribution in [0, 0.1) is 13.8 Å². The van der Waals surface area contributed by atoms with Gasteiger partial charge in [-0.25, -0.2) is 9.78 Å². The standard InChI is InChI=1S/C12H18N2O3S/c1-7-10(18-8(2)14-7)9(15)6-13-11(16)17-12(3,4)5/h6H2,1-5H3,(H,13,16). The van der Waals surface area contributed by atoms with Crippen LogP contribution in [0.2, 0.25) is 0 Å². The monoisotopic (exact) mass is 270 g/mol. The lowest BCUT2D eigenvalue weighted by molar-refractivity contribution is 0.0520. The number of hydrogen-bond acceptors (Lipinski definition) is 5. The number of hydrogen-bond donors (Lipinski definition) is 1. The van der Waals surface area contributed by atoms with Gasteiger partial charge in [0.05, 0.1) is 22.1 Å². The summed E-state index contributed by atoms with van der Waals surface area (Å²) >= 11 is 1.33. The van der Waals surface area contributed by atoms with Gasteiger partial charge >= 0.3 is 6.09 Å². The van der Waals surface area contributed by atoms with Gasteiger partial charge in [0.1, 0.15) is 5.60 Å². The predicted octanol–water partition coefficient (Wildman–Crippen LogP) is 2.47. The Morgan fingerprint density at radius 3 is 2.39 bits per heavy atom. The number of ketones is 1. The zero-order chi connectivity index (χ0) is 13.9. The topological polar surface area (TPSA) is 68.3 Å². The summed E-state index contributed by atoms with van der Waals surface area (Å²) in [5.74, 6) is -0.149. The lowest BCUT2D eigenvalue weighted by Crippen LogP contribution is -2.35. The maximum atomic E-state index is 11.8. The van der Waals surface area contributed by atoms with E-state index in [1.54, 1.807) is 27.7 Å². The molecule has 0 aromatic carbocycles. The third-order valence-electron chi connectivity index (χ3n) is 1.95. The summed E-state index contributed by atoms with van der Waals surface area (Å²) in [5, 5.41) is 3.28. The summed E-state index contributed by atoms with van der Waals surface area (Å²) < 4.78 is 5.04. The van der Waals surface area contributed by atoms with Crippen LogP contribution in [0.15, 0.2) is 0 Å². The number of alkyl carbamates (subject to hydrolysis) is 1. The molecule has 0 fully saturated rings. The van der Waals surface area contributed by atoms with Crippen LogP contribution in [-0.4, -0.2) is 29.0 Å². The first-order valence-corrected chi connectivity index (χ1v) is 6.45. The Balaban J connectivity index is 2.52. The molecule has 0 bridgehead atoms. The largest absolute Gasteiger partial charge is 0.444 e. The maximum Gasteiger partial charge on any atom is 0.408 e. The van der Waals surface area contributed by atoms with E-state index in [4.69, 9.17) is 4.74 Å². The van der Waals surface area contributed by atoms with Gasteiger partial charge in [-0.1, -0.05) is 0 Å². The average molecular weight is 270 g/mol. The Morgan fingerprint density at radius 1 is 1.33 bits per heavy atom. The molecule has 18 heavy (non-hydrogen) atoms. The van der Waals surface area contributed by atoms with Crippen molar-refractivity contribution in [1.29, 1.82) is 0 Å². The van der Waals surface area contributed by atoms with Crippen molar-refractivity contribution in [2.75, 3.05) is 6.54 Å². The van der Waals surface area contributed by atoms with Crippen LogP contribution in [0.5, 0.6) is 0 Å². The summed E-state index contributed by atoms with van der Waals surface area (Å²) in [6, 6.07) is 0. The minimum atomic E-state index is -0.588. The molecule has 0 radical (unpaired) electrons. The van der Waals surface area contributed by atoms with Crippen molar-refractivity contribution in [3.05, 3.63) is 15.6 Å². The van der Waals surface area contributed by atoms with Crippen molar-refractivity contribution in [1.82, 2.24) is 10.3 Å². The summed E-state index contributed by atoms with van der Waals surface area (Å²) in [6.45, 7) is 8.86. The fourth-order valence-corrected chi connectivity index (χ4v) is 2.19. The van der Waals surface area contributed by atoms with E-state index in [1.807, 2.05) is 6.92 Å². The van der Waals surface area contributed by atoms with Crippen LogP contribution in [0.25, 0.3) is 0 Å². The van der Waals surface area contributed by atoms with Gasteiger partial charge in [0.25, 0.3) is 0 Å². The van der Waals surface area contributed by atoms with Gasteiger partial charge in [0.2, 0.25) is 0 Å². The van der Waals surface area contributed by atoms with E-state index in [0.29, 0.717) is 10.6 Å². The minimum Gasteiger partial charge on any atom is -0.444 e. The average Bonchev–Trinajstić information content (AvgIpc) is 2.52. The number of nitrogens with zero attached hydrogens (tertiary/aromatic N) is 1. The molecule has 0 unspecified atom stereocenters. The lowest BCUT2D eigenvalue weighted by Gasteiger charge is -2.19. The third kappa shape index (κ3) is 4.44. The van der Waals surface area contributed by atoms with Gasteiger partial charge in [0.15, 0.2) is 5.78 Å². The van der Waals surface area contributed by atoms with E-state index < -0.39 is 11.7 Å². The first-order valence-electron chi connectivity index (χ1n) is 5.63. The Kier molecular flexibility index (Phi) is 4.45. The third-order valence-corrected chi connectivity index (χ3v) is 3.06. The second kappa shape index (κ2) is 5.48. The molecule has 1 amide bonds. The summed E-state index contributed by atoms with van der Waals surface area (Å²) in [6.07, 6.45) is -0.588. The van der Waals surface area contributed by atoms with Crippen molar-refractivity contribution in [3.8, 4) is 0 Å². The van der Waals surface area contributed by atoms with Crippen LogP contribution in [-0.2, 0) is 4.74 Å². The molecule has 100 valence electrons. The number of nitrogens with one attached hydrogen (secondary N) is 1. The van der Waals surface area contributed by atoms with Crippen LogP contribution >= 0.6 is 11.3 Å². The number of carbonyl (C=O) groups is 2. The minimum absolute atomic E-state index is 0.0720. The summed E-state index contributed by atoms with van der Waals surface area (Å²) in [7, 11) is 0. The number of Topliss-reactive ketones (excluding diaryl/α,β-unsaturated/α-hetero) is 1. The normalized spacial score (nSPS) is 11.2. The quantitative estimate of drug-likeness (QED) is 0.857. The van der Waals surface area contributed by atoms with Crippen LogP contribution in [0.1, 0.15) is 41.1 Å². The maximum absolute atomic E-state index is 11.8. The van der Waals surface area contributed by atoms with E-state index >= 15 is 0 Å². The second-order valence-electron chi connectivity index (χ2n) is 4.93. The van der Waals surface area contributed by atoms with Crippen molar-refractivity contribution >= 4 is 23.2 Å². The van der Waals surface area contributed by atoms with Gasteiger partial charge in [-0.05, 0) is 34.6 Å². The van der Waals surface area contributed by atoms with Crippen molar-refractivity contribution in [2.24, 2.45) is 0 Å². The molecule has 1 rings (SSSR count). The number of amides is 1. The molecular formula is C12H18N2O3S. The zero-order valence-corrected chi connectivity index (χ0v) is 12.1. The molecule has 0 aliphatic heterocycles. The molecule has 0 atom stereocenters. The number of thiazole rings is 1. The molecule has 1 heterocycles. The van der Waals surface area contributed by atoms with Gasteiger partial charge in [-0.3, -0.25) is 4.79 Å². The van der Waals surface area contributed by atoms with E-state index in [-0.39, 0.29) is 12.3 Å². The van der Waals surface area contributed by atoms with E-state index in [1.165, 1.54) is 11.3 Å². The zero-order valence-electron chi connectivity index (χ0n) is 11.3. The summed E-state index contributed by atoms with van der Waals surface area (Å²) in [4.78, 5) is 28.0. The molecule has 0 saturated heterocycles. The number of ether oxygens (including phenoxy) is 1. The second-order valence-corrected chi connectivity index (χ2v) is 6.13. The fourth-order valence-electron chi connectivity index (χ4n) is 1.34. The van der Waals surface area contributed by atoms with Crippen LogP contribution < -0.4 is 5.32 Å². The Labute approximate surface area is 111 Å². The highest BCUT2D eigenvalue weighted by molar-refractivity contribution is 7.13. The predicted molar refractivity (Wildman–Crippen MR) is 70.2 cm³/mol. The Morgan fingerprint density at radius 2 is 1.94 bits per heavy atom. The van der Waals surface area contributed by atoms with E-state index in [9.17, 15) is 9.59 Å². The van der Waals surface area contributed by atoms with E-state index in [2.05, 4.69) is 10.3 Å². The molecular weight excluding hydrogens is 252 g/mol. The summed E-state index contributed by atoms with van der Waals surface area (Å²) in [5.41, 5.74) is 0.137. The Hall–Kier alpha value is -1.43. The van der Waals surface area contributed by atoms with Crippen molar-refractivity contribution in [3.63, 3.8) is 0 Å². The van der Waals surface area contributed by atoms with Crippen molar-refractivity contribution < 1.29 is 14.3 Å². The van der Waals surface area contributed by atoms with Gasteiger partial charge in [-0.2, -0.15) is 0 Å². The van der Waals surface area contributed by atoms with Gasteiger partial charge < -0.3 is 10.1 Å². The molecule has 0 aliphatic carbocycles. The first-order chi connectivity index (χ1) is 8.19. The van der Waals surface area contributed by atoms with Crippen LogP contribution in [0.4, 0.5) is 4.79 Å². The number of carbonyl (C=O) groups excluding carboxylic acids is 2. The molecule has 1 aromatic rings. The van der Waals surface area contributed by atoms with Gasteiger partial charge in [0, 0.05) is 0 Å². The number of rotatable bonds is 3. The molecule has 0 spiro atoms. The fraction of sp³-hybridized carbons (Fsp3) is 0.583. The lowest BCUT2D eigenvalue weighted by atomic mass is 10.2. The highest BCUT2D eigenvalue weighted by atomic mass is 32.1. The van der Waals surface area contributed by atoms with Crippen LogP contribution in [0.3, 0.4) is 0 Å². The molecule has 0 aliphatic rings. The highest BCUT2D eigenvalue weighted by Gasteiger charge is 2.18. The molecule has 0 saturated carbocycles. The molecule has 6 heteroatoms. The smallest absolute Gasteiger partial charge is 0.408 e.